The summed E-state index contributed by atoms with van der Waals surface area (Å²) < 4.78 is 14.9. The third-order valence-electron chi connectivity index (χ3n) is 2.94. The van der Waals surface area contributed by atoms with Crippen molar-refractivity contribution in [2.45, 2.75) is 5.16 Å². The van der Waals surface area contributed by atoms with Gasteiger partial charge >= 0.3 is 0 Å². The lowest BCUT2D eigenvalue weighted by molar-refractivity contribution is -0.113. The van der Waals surface area contributed by atoms with Crippen LogP contribution in [0.5, 0.6) is 0 Å². The molecule has 0 saturated heterocycles. The molecule has 0 aliphatic rings. The van der Waals surface area contributed by atoms with Gasteiger partial charge in [0.2, 0.25) is 11.1 Å². The number of rotatable bonds is 5. The zero-order chi connectivity index (χ0) is 17.1. The van der Waals surface area contributed by atoms with Crippen molar-refractivity contribution in [2.75, 3.05) is 16.9 Å². The molecule has 3 rings (SSSR count). The lowest BCUT2D eigenvalue weighted by Gasteiger charge is -2.06. The van der Waals surface area contributed by atoms with Crippen LogP contribution in [0.15, 0.2) is 40.9 Å². The Morgan fingerprint density at radius 2 is 2.25 bits per heavy atom. The molecule has 10 heteroatoms. The molecule has 124 valence electrons. The maximum absolute atomic E-state index is 13.6. The lowest BCUT2D eigenvalue weighted by Crippen LogP contribution is -2.17. The van der Waals surface area contributed by atoms with Crippen molar-refractivity contribution in [1.82, 2.24) is 14.9 Å². The quantitative estimate of drug-likeness (QED) is 0.521. The van der Waals surface area contributed by atoms with E-state index in [4.69, 9.17) is 17.4 Å². The van der Waals surface area contributed by atoms with E-state index in [2.05, 4.69) is 15.5 Å². The van der Waals surface area contributed by atoms with Gasteiger partial charge in [0.15, 0.2) is 5.82 Å². The average molecular weight is 384 g/mol. The Morgan fingerprint density at radius 1 is 1.42 bits per heavy atom. The molecule has 3 N–H and O–H groups in total. The highest BCUT2D eigenvalue weighted by Gasteiger charge is 2.15. The van der Waals surface area contributed by atoms with Gasteiger partial charge in [0, 0.05) is 5.02 Å². The number of aromatic nitrogens is 3. The molecule has 0 saturated carbocycles. The zero-order valence-electron chi connectivity index (χ0n) is 12.1. The van der Waals surface area contributed by atoms with Crippen molar-refractivity contribution in [3.05, 3.63) is 46.6 Å². The maximum atomic E-state index is 13.6. The number of nitrogens with zero attached hydrogens (tertiary/aromatic N) is 3. The van der Waals surface area contributed by atoms with E-state index in [9.17, 15) is 9.18 Å². The van der Waals surface area contributed by atoms with Crippen LogP contribution in [-0.2, 0) is 4.79 Å². The molecule has 2 heterocycles. The number of amides is 1. The Balaban J connectivity index is 1.64. The highest BCUT2D eigenvalue weighted by Crippen LogP contribution is 2.25. The van der Waals surface area contributed by atoms with Crippen LogP contribution in [0.1, 0.15) is 0 Å². The first-order chi connectivity index (χ1) is 11.5. The topological polar surface area (TPSA) is 85.8 Å². The third kappa shape index (κ3) is 3.69. The van der Waals surface area contributed by atoms with Crippen LogP contribution >= 0.6 is 34.7 Å². The second-order valence-corrected chi connectivity index (χ2v) is 6.94. The van der Waals surface area contributed by atoms with Crippen molar-refractivity contribution >= 4 is 46.3 Å². The standard InChI is InChI=1S/C14H11ClFN5OS2/c15-8-3-4-9(16)10(6-8)18-12(22)7-24-14-20-19-13(21(14)17)11-2-1-5-23-11/h1-6H,7,17H2,(H,18,22). The smallest absolute Gasteiger partial charge is 0.234 e. The van der Waals surface area contributed by atoms with E-state index < -0.39 is 11.7 Å². The number of anilines is 1. The summed E-state index contributed by atoms with van der Waals surface area (Å²) in [7, 11) is 0. The first-order valence-electron chi connectivity index (χ1n) is 6.66. The molecule has 0 radical (unpaired) electrons. The minimum Gasteiger partial charge on any atom is -0.335 e. The minimum absolute atomic E-state index is 0.00568. The fraction of sp³-hybridized carbons (Fsp3) is 0.0714. The van der Waals surface area contributed by atoms with Crippen LogP contribution < -0.4 is 11.2 Å². The van der Waals surface area contributed by atoms with E-state index in [0.29, 0.717) is 16.0 Å². The number of hydrogen-bond acceptors (Lipinski definition) is 6. The summed E-state index contributed by atoms with van der Waals surface area (Å²) in [6.45, 7) is 0. The van der Waals surface area contributed by atoms with Crippen molar-refractivity contribution in [2.24, 2.45) is 0 Å². The van der Waals surface area contributed by atoms with Crippen molar-refractivity contribution in [3.8, 4) is 10.7 Å². The van der Waals surface area contributed by atoms with E-state index in [1.165, 1.54) is 34.2 Å². The summed E-state index contributed by atoms with van der Waals surface area (Å²) in [5, 5.41) is 13.1. The number of thiophene rings is 1. The molecule has 0 bridgehead atoms. The number of carbonyl (C=O) groups excluding carboxylic acids is 1. The predicted molar refractivity (Wildman–Crippen MR) is 94.2 cm³/mol. The van der Waals surface area contributed by atoms with Crippen molar-refractivity contribution in [3.63, 3.8) is 0 Å². The molecule has 2 aromatic heterocycles. The van der Waals surface area contributed by atoms with Gasteiger partial charge in [0.25, 0.3) is 0 Å². The Labute approximate surface area is 149 Å². The average Bonchev–Trinajstić information content (AvgIpc) is 3.18. The summed E-state index contributed by atoms with van der Waals surface area (Å²) in [5.41, 5.74) is 0.0292. The number of nitrogen functional groups attached to an aromatic ring is 1. The van der Waals surface area contributed by atoms with Crippen LogP contribution in [0.25, 0.3) is 10.7 Å². The molecule has 0 fully saturated rings. The van der Waals surface area contributed by atoms with Gasteiger partial charge in [-0.15, -0.1) is 21.5 Å². The maximum Gasteiger partial charge on any atom is 0.234 e. The van der Waals surface area contributed by atoms with Gasteiger partial charge in [-0.2, -0.15) is 0 Å². The number of halogens is 2. The van der Waals surface area contributed by atoms with Crippen LogP contribution in [0, 0.1) is 5.82 Å². The van der Waals surface area contributed by atoms with Gasteiger partial charge in [-0.25, -0.2) is 9.07 Å². The van der Waals surface area contributed by atoms with Gasteiger partial charge in [-0.3, -0.25) is 4.79 Å². The molecule has 1 aromatic carbocycles. The molecular formula is C14H11ClFN5OS2. The molecule has 0 atom stereocenters. The fourth-order valence-corrected chi connectivity index (χ4v) is 3.39. The number of nitrogens with one attached hydrogen (secondary N) is 1. The molecule has 0 spiro atoms. The van der Waals surface area contributed by atoms with Gasteiger partial charge < -0.3 is 11.2 Å². The summed E-state index contributed by atoms with van der Waals surface area (Å²) in [5.74, 6) is 5.52. The van der Waals surface area contributed by atoms with E-state index in [0.717, 1.165) is 16.6 Å². The normalized spacial score (nSPS) is 10.8. The van der Waals surface area contributed by atoms with Crippen molar-refractivity contribution in [1.29, 1.82) is 0 Å². The minimum atomic E-state index is -0.556. The number of nitrogens with two attached hydrogens (primary N) is 1. The van der Waals surface area contributed by atoms with Crippen LogP contribution in [0.2, 0.25) is 5.02 Å². The summed E-state index contributed by atoms with van der Waals surface area (Å²) in [4.78, 5) is 12.8. The molecule has 6 nitrogen and oxygen atoms in total. The highest BCUT2D eigenvalue weighted by atomic mass is 35.5. The summed E-state index contributed by atoms with van der Waals surface area (Å²) in [6, 6.07) is 7.70. The molecule has 3 aromatic rings. The second-order valence-electron chi connectivity index (χ2n) is 4.61. The first-order valence-corrected chi connectivity index (χ1v) is 8.91. The largest absolute Gasteiger partial charge is 0.335 e. The monoisotopic (exact) mass is 383 g/mol. The SMILES string of the molecule is Nn1c(SCC(=O)Nc2cc(Cl)ccc2F)nnc1-c1cccs1. The number of carbonyl (C=O) groups is 1. The Bertz CT molecular complexity index is 868. The number of hydrogen-bond donors (Lipinski definition) is 2. The summed E-state index contributed by atoms with van der Waals surface area (Å²) in [6.07, 6.45) is 0. The molecular weight excluding hydrogens is 373 g/mol. The molecule has 0 aliphatic carbocycles. The zero-order valence-corrected chi connectivity index (χ0v) is 14.5. The number of benzene rings is 1. The van der Waals surface area contributed by atoms with Crippen molar-refractivity contribution < 1.29 is 9.18 Å². The molecule has 0 unspecified atom stereocenters. The van der Waals surface area contributed by atoms with E-state index in [1.807, 2.05) is 17.5 Å². The van der Waals surface area contributed by atoms with Gasteiger partial charge in [0.05, 0.1) is 16.3 Å². The molecule has 0 aliphatic heterocycles. The highest BCUT2D eigenvalue weighted by molar-refractivity contribution is 7.99. The van der Waals surface area contributed by atoms with Crippen LogP contribution in [-0.4, -0.2) is 26.5 Å². The Hall–Kier alpha value is -2.10. The Kier molecular flexibility index (Phi) is 5.03. The molecule has 1 amide bonds. The fourth-order valence-electron chi connectivity index (χ4n) is 1.86. The van der Waals surface area contributed by atoms with Gasteiger partial charge in [0.1, 0.15) is 5.82 Å². The molecule has 24 heavy (non-hydrogen) atoms. The lowest BCUT2D eigenvalue weighted by atomic mass is 10.3. The third-order valence-corrected chi connectivity index (χ3v) is 4.98. The number of thioether (sulfide) groups is 1. The predicted octanol–water partition coefficient (Wildman–Crippen LogP) is 3.24. The van der Waals surface area contributed by atoms with E-state index in [-0.39, 0.29) is 11.4 Å². The Morgan fingerprint density at radius 3 is 3.00 bits per heavy atom. The van der Waals surface area contributed by atoms with Gasteiger partial charge in [-0.1, -0.05) is 29.4 Å². The van der Waals surface area contributed by atoms with E-state index >= 15 is 0 Å². The first kappa shape index (κ1) is 16.7. The summed E-state index contributed by atoms with van der Waals surface area (Å²) >= 11 is 8.38. The second kappa shape index (κ2) is 7.20. The van der Waals surface area contributed by atoms with Crippen LogP contribution in [0.4, 0.5) is 10.1 Å². The van der Waals surface area contributed by atoms with Gasteiger partial charge in [-0.05, 0) is 29.6 Å². The van der Waals surface area contributed by atoms with Crippen LogP contribution in [0.3, 0.4) is 0 Å². The van der Waals surface area contributed by atoms with E-state index in [1.54, 1.807) is 0 Å².